The van der Waals surface area contributed by atoms with Gasteiger partial charge in [0.15, 0.2) is 0 Å². The van der Waals surface area contributed by atoms with E-state index in [2.05, 4.69) is 22.8 Å². The van der Waals surface area contributed by atoms with Crippen LogP contribution in [0.3, 0.4) is 0 Å². The molecule has 1 amide bonds. The van der Waals surface area contributed by atoms with E-state index in [0.29, 0.717) is 12.3 Å². The van der Waals surface area contributed by atoms with Crippen LogP contribution in [0.5, 0.6) is 5.75 Å². The molecule has 0 aromatic heterocycles. The van der Waals surface area contributed by atoms with Gasteiger partial charge in [0.1, 0.15) is 5.75 Å². The minimum atomic E-state index is 0.337. The Bertz CT molecular complexity index is 626. The molecule has 1 aliphatic rings. The zero-order valence-electron chi connectivity index (χ0n) is 21.7. The van der Waals surface area contributed by atoms with Crippen LogP contribution in [-0.4, -0.2) is 44.1 Å². The summed E-state index contributed by atoms with van der Waals surface area (Å²) < 4.78 is 5.49. The summed E-state index contributed by atoms with van der Waals surface area (Å²) in [6, 6.07) is 8.15. The summed E-state index contributed by atoms with van der Waals surface area (Å²) in [5.41, 5.74) is 1.13. The van der Waals surface area contributed by atoms with Crippen LogP contribution in [0, 0.1) is 0 Å². The zero-order chi connectivity index (χ0) is 23.6. The lowest BCUT2D eigenvalue weighted by atomic mass is 10.0. The van der Waals surface area contributed by atoms with Crippen molar-refractivity contribution in [3.63, 3.8) is 0 Å². The molecule has 1 aliphatic heterocycles. The number of carbonyl (C=O) groups is 1. The van der Waals surface area contributed by atoms with E-state index in [1.165, 1.54) is 89.9 Å². The summed E-state index contributed by atoms with van der Waals surface area (Å²) in [5.74, 6) is 1.25. The average Bonchev–Trinajstić information content (AvgIpc) is 2.86. The maximum Gasteiger partial charge on any atom is 0.222 e. The average molecular weight is 459 g/mol. The number of unbranched alkanes of at least 4 members (excludes halogenated alkanes) is 14. The third-order valence-corrected chi connectivity index (χ3v) is 7.05. The Balaban J connectivity index is 1.41. The number of hydrogen-bond donors (Lipinski definition) is 0. The molecule has 0 N–H and O–H groups in total. The quantitative estimate of drug-likeness (QED) is 0.212. The van der Waals surface area contributed by atoms with Gasteiger partial charge in [-0.15, -0.1) is 0 Å². The van der Waals surface area contributed by atoms with Crippen molar-refractivity contribution in [2.75, 3.05) is 38.2 Å². The van der Waals surface area contributed by atoms with Crippen molar-refractivity contribution >= 4 is 11.6 Å². The number of benzene rings is 1. The number of rotatable bonds is 18. The number of carbonyl (C=O) groups excluding carboxylic acids is 1. The molecule has 1 heterocycles. The van der Waals surface area contributed by atoms with E-state index < -0.39 is 0 Å². The van der Waals surface area contributed by atoms with Gasteiger partial charge in [0.05, 0.1) is 12.8 Å². The van der Waals surface area contributed by atoms with Crippen LogP contribution < -0.4 is 9.64 Å². The highest BCUT2D eigenvalue weighted by molar-refractivity contribution is 5.76. The van der Waals surface area contributed by atoms with Gasteiger partial charge in [0.2, 0.25) is 5.91 Å². The third-order valence-electron chi connectivity index (χ3n) is 7.05. The third kappa shape index (κ3) is 11.3. The van der Waals surface area contributed by atoms with Gasteiger partial charge in [-0.05, 0) is 18.6 Å². The van der Waals surface area contributed by atoms with Gasteiger partial charge < -0.3 is 14.5 Å². The smallest absolute Gasteiger partial charge is 0.222 e. The van der Waals surface area contributed by atoms with Crippen molar-refractivity contribution in [1.29, 1.82) is 0 Å². The molecule has 0 atom stereocenters. The molecule has 1 aromatic rings. The highest BCUT2D eigenvalue weighted by Gasteiger charge is 2.22. The first-order valence-electron chi connectivity index (χ1n) is 13.9. The van der Waals surface area contributed by atoms with Crippen LogP contribution in [-0.2, 0) is 4.79 Å². The summed E-state index contributed by atoms with van der Waals surface area (Å²) in [5, 5.41) is 0. The summed E-state index contributed by atoms with van der Waals surface area (Å²) >= 11 is 0. The fourth-order valence-corrected chi connectivity index (χ4v) is 4.89. The molecule has 0 radical (unpaired) electrons. The number of ether oxygens (including phenoxy) is 1. The van der Waals surface area contributed by atoms with Gasteiger partial charge in [0, 0.05) is 32.6 Å². The molecule has 4 nitrogen and oxygen atoms in total. The minimum Gasteiger partial charge on any atom is -0.495 e. The van der Waals surface area contributed by atoms with E-state index in [1.54, 1.807) is 7.11 Å². The van der Waals surface area contributed by atoms with Gasteiger partial charge in [-0.2, -0.15) is 0 Å². The number of methoxy groups -OCH3 is 1. The first kappa shape index (κ1) is 27.5. The van der Waals surface area contributed by atoms with Gasteiger partial charge >= 0.3 is 0 Å². The lowest BCUT2D eigenvalue weighted by Gasteiger charge is -2.36. The standard InChI is InChI=1S/C29H50N2O2/c1-3-4-5-6-7-8-9-10-11-12-13-14-15-16-17-22-29(32)31-25-23-30(24-26-31)27-20-18-19-21-28(27)33-2/h18-21H,3-17,22-26H2,1-2H3. The Hall–Kier alpha value is -1.71. The molecule has 0 unspecified atom stereocenters. The molecule has 33 heavy (non-hydrogen) atoms. The van der Waals surface area contributed by atoms with Crippen LogP contribution >= 0.6 is 0 Å². The van der Waals surface area contributed by atoms with Crippen LogP contribution in [0.1, 0.15) is 110 Å². The summed E-state index contributed by atoms with van der Waals surface area (Å²) in [6.07, 6.45) is 21.1. The van der Waals surface area contributed by atoms with E-state index in [-0.39, 0.29) is 0 Å². The minimum absolute atomic E-state index is 0.337. The maximum absolute atomic E-state index is 12.6. The van der Waals surface area contributed by atoms with E-state index >= 15 is 0 Å². The number of piperazine rings is 1. The van der Waals surface area contributed by atoms with E-state index in [9.17, 15) is 4.79 Å². The SMILES string of the molecule is CCCCCCCCCCCCCCCCCC(=O)N1CCN(c2ccccc2OC)CC1. The highest BCUT2D eigenvalue weighted by Crippen LogP contribution is 2.28. The van der Waals surface area contributed by atoms with Crippen molar-refractivity contribution in [2.24, 2.45) is 0 Å². The second-order valence-corrected chi connectivity index (χ2v) is 9.74. The van der Waals surface area contributed by atoms with Gasteiger partial charge in [-0.3, -0.25) is 4.79 Å². The summed E-state index contributed by atoms with van der Waals surface area (Å²) in [4.78, 5) is 17.0. The summed E-state index contributed by atoms with van der Waals surface area (Å²) in [6.45, 7) is 5.67. The normalized spacial score (nSPS) is 14.0. The molecule has 1 fully saturated rings. The largest absolute Gasteiger partial charge is 0.495 e. The van der Waals surface area contributed by atoms with Crippen molar-refractivity contribution in [3.8, 4) is 5.75 Å². The lowest BCUT2D eigenvalue weighted by Crippen LogP contribution is -2.48. The van der Waals surface area contributed by atoms with Crippen molar-refractivity contribution < 1.29 is 9.53 Å². The van der Waals surface area contributed by atoms with Crippen LogP contribution in [0.2, 0.25) is 0 Å². The Morgan fingerprint density at radius 2 is 1.21 bits per heavy atom. The molecule has 4 heteroatoms. The fraction of sp³-hybridized carbons (Fsp3) is 0.759. The Morgan fingerprint density at radius 3 is 1.73 bits per heavy atom. The van der Waals surface area contributed by atoms with Crippen molar-refractivity contribution in [3.05, 3.63) is 24.3 Å². The number of hydrogen-bond acceptors (Lipinski definition) is 3. The predicted molar refractivity (Wildman–Crippen MR) is 141 cm³/mol. The van der Waals surface area contributed by atoms with Crippen LogP contribution in [0.4, 0.5) is 5.69 Å². The molecule has 0 bridgehead atoms. The van der Waals surface area contributed by atoms with Crippen LogP contribution in [0.15, 0.2) is 24.3 Å². The molecule has 0 aliphatic carbocycles. The lowest BCUT2D eigenvalue weighted by molar-refractivity contribution is -0.131. The second-order valence-electron chi connectivity index (χ2n) is 9.74. The fourth-order valence-electron chi connectivity index (χ4n) is 4.89. The molecule has 0 spiro atoms. The molecule has 188 valence electrons. The highest BCUT2D eigenvalue weighted by atomic mass is 16.5. The monoisotopic (exact) mass is 458 g/mol. The molecule has 1 aromatic carbocycles. The van der Waals surface area contributed by atoms with Gasteiger partial charge in [0.25, 0.3) is 0 Å². The Kier molecular flexibility index (Phi) is 14.8. The first-order valence-corrected chi connectivity index (χ1v) is 13.9. The topological polar surface area (TPSA) is 32.8 Å². The summed E-state index contributed by atoms with van der Waals surface area (Å²) in [7, 11) is 1.72. The molecule has 2 rings (SSSR count). The molecular weight excluding hydrogens is 408 g/mol. The molecular formula is C29H50N2O2. The van der Waals surface area contributed by atoms with Crippen molar-refractivity contribution in [1.82, 2.24) is 4.90 Å². The number of para-hydroxylation sites is 2. The Morgan fingerprint density at radius 1 is 0.727 bits per heavy atom. The number of anilines is 1. The number of nitrogens with zero attached hydrogens (tertiary/aromatic N) is 2. The second kappa shape index (κ2) is 17.7. The van der Waals surface area contributed by atoms with Crippen LogP contribution in [0.25, 0.3) is 0 Å². The van der Waals surface area contributed by atoms with Crippen molar-refractivity contribution in [2.45, 2.75) is 110 Å². The van der Waals surface area contributed by atoms with Gasteiger partial charge in [-0.1, -0.05) is 109 Å². The molecule has 0 saturated carbocycles. The van der Waals surface area contributed by atoms with E-state index in [4.69, 9.17) is 4.74 Å². The molecule has 1 saturated heterocycles. The number of amides is 1. The zero-order valence-corrected chi connectivity index (χ0v) is 21.7. The maximum atomic E-state index is 12.6. The van der Waals surface area contributed by atoms with Gasteiger partial charge in [-0.25, -0.2) is 0 Å². The Labute approximate surface area is 204 Å². The predicted octanol–water partition coefficient (Wildman–Crippen LogP) is 7.61. The van der Waals surface area contributed by atoms with E-state index in [1.807, 2.05) is 18.2 Å². The first-order chi connectivity index (χ1) is 16.3. The van der Waals surface area contributed by atoms with E-state index in [0.717, 1.165) is 44.0 Å².